The van der Waals surface area contributed by atoms with Crippen molar-refractivity contribution < 1.29 is 0 Å². The Balaban J connectivity index is 0.000000104. The van der Waals surface area contributed by atoms with Crippen LogP contribution in [0.15, 0.2) is 497 Å². The lowest BCUT2D eigenvalue weighted by molar-refractivity contribution is 0.660. The van der Waals surface area contributed by atoms with E-state index in [0.717, 1.165) is 34.1 Å². The summed E-state index contributed by atoms with van der Waals surface area (Å²) in [5.74, 6) is 0. The van der Waals surface area contributed by atoms with E-state index in [1.807, 2.05) is 0 Å². The standard InChI is InChI=1S/C35H26N2.2C34H28N2.C34H30N2/c1-36(29-18-16-26(17-19-29)28-15-14-25-8-2-3-9-27(25)24-28)30-20-22-31(23-21-30)37-34-12-6-4-10-32(34)33-11-5-7-13-35(33)37;1-34(2)30-13-7-4-10-26(30)27-21-20-25(22-31(27)34)35(3)23-16-18-24(19-17-23)36-32-14-8-5-11-28(32)29-12-6-9-15-33(29)36;1-34(2)30-15-9-7-13-26(30)27-19-17-25(22-31(27)34)35(3)24-18-20-33-29(21-24)28-14-8-10-16-32(28)36(33)23-11-5-4-6-12-23;1-34(2)32-20-11-10-19-30(32)31-22-21-28(24-33(31)34)35(3)27-17-12-18-29(23-27)36(25-13-6-4-7-14-25)26-15-8-5-9-16-26/h2-24H,1H3;2*4-22H,1-3H3;4-24H,1-3H3. The van der Waals surface area contributed by atoms with Crippen LogP contribution in [0.1, 0.15) is 74.9 Å². The lowest BCUT2D eigenvalue weighted by Crippen LogP contribution is -2.16. The van der Waals surface area contributed by atoms with E-state index in [9.17, 15) is 0 Å². The zero-order valence-electron chi connectivity index (χ0n) is 83.4. The molecule has 0 saturated heterocycles. The van der Waals surface area contributed by atoms with Gasteiger partial charge in [-0.1, -0.05) is 333 Å². The summed E-state index contributed by atoms with van der Waals surface area (Å²) in [6, 6.07) is 180. The summed E-state index contributed by atoms with van der Waals surface area (Å²) in [4.78, 5) is 11.4. The fourth-order valence-corrected chi connectivity index (χ4v) is 23.1. The molecule has 24 aromatic rings. The first-order valence-corrected chi connectivity index (χ1v) is 50.4. The smallest absolute Gasteiger partial charge is 0.0542 e. The van der Waals surface area contributed by atoms with E-state index in [0.29, 0.717) is 0 Å². The van der Waals surface area contributed by atoms with Crippen LogP contribution in [-0.4, -0.2) is 41.9 Å². The highest BCUT2D eigenvalue weighted by Crippen LogP contribution is 2.55. The molecule has 700 valence electrons. The Kier molecular flexibility index (Phi) is 22.8. The summed E-state index contributed by atoms with van der Waals surface area (Å²) in [6.07, 6.45) is 0. The molecule has 0 fully saturated rings. The maximum absolute atomic E-state index is 2.38. The van der Waals surface area contributed by atoms with Gasteiger partial charge in [-0.05, 0) is 295 Å². The SMILES string of the molecule is CN(c1ccc(-c2ccc3ccccc3c2)cc1)c1ccc(-n2c3ccccc3c3ccccc32)cc1.CN(c1ccc(-n2c3ccccc3c3ccccc32)cc1)c1ccc2c(c1)C(C)(C)c1ccccc1-2.CN(c1ccc2c(c1)C(C)(C)c1ccccc1-2)c1ccc2c(c1)c1ccccc1n2-c1ccccc1.CN(c1cccc(N(c2ccccc2)c2ccccc2)c1)c1ccc2c(c1)C(C)(C)c1ccccc1-2. The molecule has 3 aliphatic carbocycles. The van der Waals surface area contributed by atoms with Gasteiger partial charge in [0, 0.05) is 156 Å². The number of anilines is 11. The average Bonchev–Trinajstić information content (AvgIpc) is 1.58. The minimum atomic E-state index is -0.0119. The predicted octanol–water partition coefficient (Wildman–Crippen LogP) is 36.3. The Labute approximate surface area is 849 Å². The third-order valence-corrected chi connectivity index (χ3v) is 30.9. The van der Waals surface area contributed by atoms with Crippen molar-refractivity contribution in [3.05, 3.63) is 531 Å². The highest BCUT2D eigenvalue weighted by Gasteiger charge is 2.39. The molecule has 0 saturated carbocycles. The third-order valence-electron chi connectivity index (χ3n) is 30.9. The number of rotatable bonds is 15. The van der Waals surface area contributed by atoms with Crippen LogP contribution in [0.4, 0.5) is 62.6 Å². The first-order valence-electron chi connectivity index (χ1n) is 50.4. The molecule has 145 heavy (non-hydrogen) atoms. The molecule has 0 radical (unpaired) electrons. The highest BCUT2D eigenvalue weighted by molar-refractivity contribution is 6.12. The zero-order chi connectivity index (χ0) is 98.4. The molecule has 0 atom stereocenters. The first kappa shape index (κ1) is 89.9. The van der Waals surface area contributed by atoms with Gasteiger partial charge >= 0.3 is 0 Å². The summed E-state index contributed by atoms with van der Waals surface area (Å²) in [7, 11) is 8.62. The quantitative estimate of drug-likeness (QED) is 0.102. The summed E-state index contributed by atoms with van der Waals surface area (Å²) in [6.45, 7) is 14.0. The molecule has 3 aliphatic rings. The van der Waals surface area contributed by atoms with Gasteiger partial charge in [-0.15, -0.1) is 0 Å². The van der Waals surface area contributed by atoms with E-state index in [2.05, 4.69) is 605 Å². The molecule has 8 heteroatoms. The van der Waals surface area contributed by atoms with Crippen molar-refractivity contribution in [3.63, 3.8) is 0 Å². The molecule has 0 unspecified atom stereocenters. The summed E-state index contributed by atoms with van der Waals surface area (Å²) in [5, 5.41) is 10.2. The Bertz CT molecular complexity index is 8890. The molecule has 21 aromatic carbocycles. The molecular weight excluding hydrogens is 1760 g/mol. The number of hydrogen-bond donors (Lipinski definition) is 0. The third kappa shape index (κ3) is 15.9. The van der Waals surface area contributed by atoms with Crippen LogP contribution in [0.2, 0.25) is 0 Å². The number of fused-ring (bicyclic) bond motifs is 19. The number of para-hydroxylation sites is 8. The summed E-state index contributed by atoms with van der Waals surface area (Å²) < 4.78 is 7.08. The van der Waals surface area contributed by atoms with Crippen molar-refractivity contribution in [2.45, 2.75) is 57.8 Å². The topological polar surface area (TPSA) is 31.0 Å². The van der Waals surface area contributed by atoms with Crippen molar-refractivity contribution in [2.24, 2.45) is 0 Å². The van der Waals surface area contributed by atoms with E-state index in [1.165, 1.54) is 200 Å². The Hall–Kier alpha value is -17.7. The molecule has 0 aliphatic heterocycles. The van der Waals surface area contributed by atoms with Gasteiger partial charge in [0.15, 0.2) is 0 Å². The van der Waals surface area contributed by atoms with Crippen LogP contribution in [0.3, 0.4) is 0 Å². The van der Waals surface area contributed by atoms with Gasteiger partial charge in [0.2, 0.25) is 0 Å². The fraction of sp³-hybridized carbons (Fsp3) is 0.0949. The molecule has 3 heterocycles. The van der Waals surface area contributed by atoms with E-state index in [1.54, 1.807) is 0 Å². The number of benzene rings is 21. The largest absolute Gasteiger partial charge is 0.345 e. The monoisotopic (exact) mass is 1870 g/mol. The molecule has 27 rings (SSSR count). The van der Waals surface area contributed by atoms with Gasteiger partial charge in [-0.3, -0.25) is 0 Å². The molecule has 0 amide bonds. The predicted molar refractivity (Wildman–Crippen MR) is 617 cm³/mol. The van der Waals surface area contributed by atoms with Crippen molar-refractivity contribution in [1.82, 2.24) is 13.7 Å². The van der Waals surface area contributed by atoms with E-state index >= 15 is 0 Å². The van der Waals surface area contributed by atoms with Crippen LogP contribution in [0.25, 0.3) is 138 Å². The maximum atomic E-state index is 2.38. The van der Waals surface area contributed by atoms with Crippen LogP contribution >= 0.6 is 0 Å². The minimum absolute atomic E-state index is 0.00314. The number of nitrogens with zero attached hydrogens (tertiary/aromatic N) is 8. The van der Waals surface area contributed by atoms with Crippen LogP contribution in [0, 0.1) is 0 Å². The molecule has 8 nitrogen and oxygen atoms in total. The van der Waals surface area contributed by atoms with Crippen LogP contribution in [-0.2, 0) is 16.2 Å². The van der Waals surface area contributed by atoms with Crippen LogP contribution in [0.5, 0.6) is 0 Å². The summed E-state index contributed by atoms with van der Waals surface area (Å²) in [5.41, 5.74) is 42.8. The fourth-order valence-electron chi connectivity index (χ4n) is 23.1. The minimum Gasteiger partial charge on any atom is -0.345 e. The maximum Gasteiger partial charge on any atom is 0.0542 e. The van der Waals surface area contributed by atoms with Gasteiger partial charge in [-0.2, -0.15) is 0 Å². The molecule has 0 spiro atoms. The molecule has 3 aromatic heterocycles. The Morgan fingerprint density at radius 1 is 0.159 bits per heavy atom. The van der Waals surface area contributed by atoms with E-state index in [4.69, 9.17) is 0 Å². The second-order valence-electron chi connectivity index (χ2n) is 40.2. The second-order valence-corrected chi connectivity index (χ2v) is 40.2. The summed E-state index contributed by atoms with van der Waals surface area (Å²) >= 11 is 0. The van der Waals surface area contributed by atoms with Crippen molar-refractivity contribution in [3.8, 4) is 61.6 Å². The second kappa shape index (κ2) is 36.7. The van der Waals surface area contributed by atoms with Gasteiger partial charge < -0.3 is 38.2 Å². The van der Waals surface area contributed by atoms with Gasteiger partial charge in [0.25, 0.3) is 0 Å². The van der Waals surface area contributed by atoms with E-state index < -0.39 is 0 Å². The van der Waals surface area contributed by atoms with Crippen molar-refractivity contribution >= 4 is 139 Å². The molecule has 0 N–H and O–H groups in total. The first-order chi connectivity index (χ1) is 70.9. The Morgan fingerprint density at radius 2 is 0.428 bits per heavy atom. The van der Waals surface area contributed by atoms with Gasteiger partial charge in [-0.25, -0.2) is 0 Å². The molecular formula is C137H112N8. The highest BCUT2D eigenvalue weighted by atomic mass is 15.2. The average molecular weight is 1870 g/mol. The zero-order valence-corrected chi connectivity index (χ0v) is 83.4. The van der Waals surface area contributed by atoms with E-state index in [-0.39, 0.29) is 16.2 Å². The van der Waals surface area contributed by atoms with Gasteiger partial charge in [0.1, 0.15) is 0 Å². The normalized spacial score (nSPS) is 12.9. The molecule has 0 bridgehead atoms. The van der Waals surface area contributed by atoms with Crippen molar-refractivity contribution in [2.75, 3.05) is 52.7 Å². The lowest BCUT2D eigenvalue weighted by Gasteiger charge is -2.28. The van der Waals surface area contributed by atoms with Crippen molar-refractivity contribution in [1.29, 1.82) is 0 Å². The van der Waals surface area contributed by atoms with Crippen LogP contribution < -0.4 is 24.5 Å². The van der Waals surface area contributed by atoms with Gasteiger partial charge in [0.05, 0.1) is 33.1 Å². The number of hydrogen-bond acceptors (Lipinski definition) is 5. The number of aromatic nitrogens is 3. The Morgan fingerprint density at radius 3 is 0.841 bits per heavy atom. The lowest BCUT2D eigenvalue weighted by atomic mass is 9.82.